The van der Waals surface area contributed by atoms with E-state index < -0.39 is 35.3 Å². The summed E-state index contributed by atoms with van der Waals surface area (Å²) in [6, 6.07) is 26.2. The molecule has 2 N–H and O–H groups in total. The first-order valence-corrected chi connectivity index (χ1v) is 12.6. The zero-order chi connectivity index (χ0) is 27.4. The molecule has 39 heavy (non-hydrogen) atoms. The smallest absolute Gasteiger partial charge is 0.330 e. The van der Waals surface area contributed by atoms with Crippen LogP contribution in [0.5, 0.6) is 11.5 Å². The standard InChI is InChI=1S/C30H30N2O7/c1-36-23-12-8-21(9-13-23)30(20-6-4-3-5-7-20,22-10-14-24(37-2)15-11-22)38-19-26-25(33)18-28(39-26)32-27(34)16-17-31-29(32)35/h3-17,25-26,28,33H,18-19H2,1-2H3,(H,31,35)/t25-,26-,28-/m1/s1. The molecular formula is C30H30N2O7. The van der Waals surface area contributed by atoms with E-state index >= 15 is 0 Å². The maximum absolute atomic E-state index is 12.3. The molecule has 3 aromatic carbocycles. The highest BCUT2D eigenvalue weighted by atomic mass is 16.6. The molecule has 9 nitrogen and oxygen atoms in total. The number of benzene rings is 3. The van der Waals surface area contributed by atoms with Crippen LogP contribution in [0.25, 0.3) is 0 Å². The molecule has 202 valence electrons. The second-order valence-corrected chi connectivity index (χ2v) is 9.24. The Morgan fingerprint density at radius 3 is 1.97 bits per heavy atom. The molecule has 1 aromatic heterocycles. The first-order chi connectivity index (χ1) is 19.0. The number of aliphatic hydroxyl groups is 1. The molecular weight excluding hydrogens is 500 g/mol. The second-order valence-electron chi connectivity index (χ2n) is 9.24. The van der Waals surface area contributed by atoms with Gasteiger partial charge in [0.1, 0.15) is 29.4 Å². The van der Waals surface area contributed by atoms with Gasteiger partial charge in [0.15, 0.2) is 0 Å². The normalized spacial score (nSPS) is 19.1. The fraction of sp³-hybridized carbons (Fsp3) is 0.267. The van der Waals surface area contributed by atoms with E-state index in [9.17, 15) is 14.7 Å². The minimum atomic E-state index is -1.10. The van der Waals surface area contributed by atoms with E-state index in [2.05, 4.69) is 4.98 Å². The fourth-order valence-electron chi connectivity index (χ4n) is 5.01. The zero-order valence-electron chi connectivity index (χ0n) is 21.7. The minimum Gasteiger partial charge on any atom is -0.497 e. The summed E-state index contributed by atoms with van der Waals surface area (Å²) < 4.78 is 24.6. The van der Waals surface area contributed by atoms with Gasteiger partial charge in [0.2, 0.25) is 0 Å². The number of hydrogen-bond acceptors (Lipinski definition) is 7. The summed E-state index contributed by atoms with van der Waals surface area (Å²) in [4.78, 5) is 27.1. The number of H-pyrrole nitrogens is 1. The molecule has 0 saturated carbocycles. The van der Waals surface area contributed by atoms with Gasteiger partial charge in [-0.15, -0.1) is 0 Å². The van der Waals surface area contributed by atoms with E-state index in [0.29, 0.717) is 11.5 Å². The first-order valence-electron chi connectivity index (χ1n) is 12.6. The molecule has 3 atom stereocenters. The fourth-order valence-corrected chi connectivity index (χ4v) is 5.01. The van der Waals surface area contributed by atoms with Crippen molar-refractivity contribution in [2.24, 2.45) is 0 Å². The predicted molar refractivity (Wildman–Crippen MR) is 144 cm³/mol. The lowest BCUT2D eigenvalue weighted by atomic mass is 9.80. The van der Waals surface area contributed by atoms with Gasteiger partial charge in [-0.25, -0.2) is 9.36 Å². The minimum absolute atomic E-state index is 0.0237. The number of methoxy groups -OCH3 is 2. The Labute approximate surface area is 225 Å². The van der Waals surface area contributed by atoms with Gasteiger partial charge in [-0.05, 0) is 41.0 Å². The van der Waals surface area contributed by atoms with Gasteiger partial charge >= 0.3 is 5.69 Å². The molecule has 0 spiro atoms. The monoisotopic (exact) mass is 530 g/mol. The Bertz CT molecular complexity index is 1420. The van der Waals surface area contributed by atoms with E-state index in [1.165, 1.54) is 12.3 Å². The van der Waals surface area contributed by atoms with Crippen LogP contribution in [-0.2, 0) is 15.1 Å². The lowest BCUT2D eigenvalue weighted by Gasteiger charge is -2.37. The predicted octanol–water partition coefficient (Wildman–Crippen LogP) is 3.21. The molecule has 5 rings (SSSR count). The van der Waals surface area contributed by atoms with Crippen molar-refractivity contribution in [2.45, 2.75) is 30.5 Å². The Balaban J connectivity index is 1.55. The van der Waals surface area contributed by atoms with Gasteiger partial charge in [0, 0.05) is 18.7 Å². The van der Waals surface area contributed by atoms with Crippen LogP contribution in [0.3, 0.4) is 0 Å². The molecule has 2 heterocycles. The van der Waals surface area contributed by atoms with Crippen molar-refractivity contribution in [1.29, 1.82) is 0 Å². The quantitative estimate of drug-likeness (QED) is 0.320. The Morgan fingerprint density at radius 2 is 1.44 bits per heavy atom. The molecule has 1 aliphatic heterocycles. The number of aromatic nitrogens is 2. The molecule has 1 saturated heterocycles. The van der Waals surface area contributed by atoms with Crippen molar-refractivity contribution >= 4 is 0 Å². The van der Waals surface area contributed by atoms with E-state index in [-0.39, 0.29) is 13.0 Å². The Morgan fingerprint density at radius 1 is 0.872 bits per heavy atom. The number of aliphatic hydroxyl groups excluding tert-OH is 1. The van der Waals surface area contributed by atoms with E-state index in [1.807, 2.05) is 78.9 Å². The molecule has 0 radical (unpaired) electrons. The maximum Gasteiger partial charge on any atom is 0.330 e. The van der Waals surface area contributed by atoms with Crippen molar-refractivity contribution in [3.63, 3.8) is 0 Å². The molecule has 0 unspecified atom stereocenters. The summed E-state index contributed by atoms with van der Waals surface area (Å²) in [7, 11) is 3.22. The highest BCUT2D eigenvalue weighted by Gasteiger charge is 2.42. The summed E-state index contributed by atoms with van der Waals surface area (Å²) in [6.07, 6.45) is -1.31. The largest absolute Gasteiger partial charge is 0.497 e. The number of nitrogens with zero attached hydrogens (tertiary/aromatic N) is 1. The van der Waals surface area contributed by atoms with Crippen molar-refractivity contribution in [2.75, 3.05) is 20.8 Å². The van der Waals surface area contributed by atoms with Gasteiger partial charge < -0.3 is 29.0 Å². The summed E-state index contributed by atoms with van der Waals surface area (Å²) >= 11 is 0. The molecule has 1 fully saturated rings. The van der Waals surface area contributed by atoms with Gasteiger partial charge in [-0.2, -0.15) is 0 Å². The second kappa shape index (κ2) is 11.3. The van der Waals surface area contributed by atoms with Crippen LogP contribution in [0.15, 0.2) is 101 Å². The Kier molecular flexibility index (Phi) is 7.65. The molecule has 0 bridgehead atoms. The summed E-state index contributed by atoms with van der Waals surface area (Å²) in [5.74, 6) is 1.40. The number of rotatable bonds is 9. The summed E-state index contributed by atoms with van der Waals surface area (Å²) in [5.41, 5.74) is 0.324. The SMILES string of the molecule is COc1ccc(C(OC[C@H]2O[C@@H](n3c(=O)cc[nH]c3=O)C[C@H]2O)(c2ccccc2)c2ccc(OC)cc2)cc1. The number of aromatic amines is 1. The molecule has 1 aliphatic rings. The zero-order valence-corrected chi connectivity index (χ0v) is 21.7. The third-order valence-corrected chi connectivity index (χ3v) is 7.02. The van der Waals surface area contributed by atoms with Crippen LogP contribution in [0.1, 0.15) is 29.3 Å². The van der Waals surface area contributed by atoms with Crippen molar-refractivity contribution < 1.29 is 24.1 Å². The van der Waals surface area contributed by atoms with Crippen molar-refractivity contribution in [3.8, 4) is 11.5 Å². The number of nitrogens with one attached hydrogen (secondary N) is 1. The van der Waals surface area contributed by atoms with Crippen LogP contribution >= 0.6 is 0 Å². The lowest BCUT2D eigenvalue weighted by molar-refractivity contribution is -0.0949. The van der Waals surface area contributed by atoms with Crippen LogP contribution in [0.2, 0.25) is 0 Å². The van der Waals surface area contributed by atoms with Crippen molar-refractivity contribution in [1.82, 2.24) is 9.55 Å². The van der Waals surface area contributed by atoms with Gasteiger partial charge in [0.25, 0.3) is 5.56 Å². The van der Waals surface area contributed by atoms with E-state index in [1.54, 1.807) is 14.2 Å². The molecule has 0 aliphatic carbocycles. The summed E-state index contributed by atoms with van der Waals surface area (Å²) in [5, 5.41) is 10.9. The van der Waals surface area contributed by atoms with Gasteiger partial charge in [0.05, 0.1) is 26.9 Å². The van der Waals surface area contributed by atoms with Crippen molar-refractivity contribution in [3.05, 3.63) is 129 Å². The van der Waals surface area contributed by atoms with Crippen LogP contribution < -0.4 is 20.7 Å². The number of hydrogen-bond donors (Lipinski definition) is 2. The van der Waals surface area contributed by atoms with Gasteiger partial charge in [-0.1, -0.05) is 54.6 Å². The van der Waals surface area contributed by atoms with E-state index in [0.717, 1.165) is 21.3 Å². The van der Waals surface area contributed by atoms with Crippen LogP contribution in [0, 0.1) is 0 Å². The Hall–Kier alpha value is -4.18. The summed E-state index contributed by atoms with van der Waals surface area (Å²) in [6.45, 7) is -0.0237. The maximum atomic E-state index is 12.3. The molecule has 4 aromatic rings. The van der Waals surface area contributed by atoms with Gasteiger partial charge in [-0.3, -0.25) is 4.79 Å². The average Bonchev–Trinajstić information content (AvgIpc) is 3.34. The van der Waals surface area contributed by atoms with Crippen LogP contribution in [0.4, 0.5) is 0 Å². The third kappa shape index (κ3) is 5.12. The highest BCUT2D eigenvalue weighted by Crippen LogP contribution is 2.42. The van der Waals surface area contributed by atoms with Crippen LogP contribution in [-0.4, -0.2) is 47.7 Å². The lowest BCUT2D eigenvalue weighted by Crippen LogP contribution is -2.39. The average molecular weight is 531 g/mol. The topological polar surface area (TPSA) is 112 Å². The third-order valence-electron chi connectivity index (χ3n) is 7.02. The number of ether oxygens (including phenoxy) is 4. The first kappa shape index (κ1) is 26.4. The molecule has 9 heteroatoms. The molecule has 0 amide bonds. The van der Waals surface area contributed by atoms with E-state index in [4.69, 9.17) is 18.9 Å². The highest BCUT2D eigenvalue weighted by molar-refractivity contribution is 5.49.